The zero-order chi connectivity index (χ0) is 14.7. The van der Waals surface area contributed by atoms with Crippen LogP contribution in [0.2, 0.25) is 0 Å². The molecule has 1 spiro atoms. The lowest BCUT2D eigenvalue weighted by Crippen LogP contribution is -2.85. The highest BCUT2D eigenvalue weighted by Crippen LogP contribution is 2.72. The lowest BCUT2D eigenvalue weighted by atomic mass is 9.43. The number of hydrogen-bond acceptors (Lipinski definition) is 6. The van der Waals surface area contributed by atoms with Gasteiger partial charge in [0.15, 0.2) is 5.79 Å². The van der Waals surface area contributed by atoms with Crippen molar-refractivity contribution >= 4 is 0 Å². The van der Waals surface area contributed by atoms with Crippen molar-refractivity contribution in [2.24, 2.45) is 17.3 Å². The van der Waals surface area contributed by atoms with Crippen molar-refractivity contribution in [3.8, 4) is 0 Å². The van der Waals surface area contributed by atoms with E-state index in [-0.39, 0.29) is 18.8 Å². The van der Waals surface area contributed by atoms with Gasteiger partial charge in [0.05, 0.1) is 17.8 Å². The average molecular weight is 286 g/mol. The van der Waals surface area contributed by atoms with E-state index in [9.17, 15) is 25.5 Å². The fourth-order valence-electron chi connectivity index (χ4n) is 5.82. The summed E-state index contributed by atoms with van der Waals surface area (Å²) >= 11 is 0. The Morgan fingerprint density at radius 2 is 1.75 bits per heavy atom. The molecule has 6 nitrogen and oxygen atoms in total. The van der Waals surface area contributed by atoms with Crippen LogP contribution in [-0.4, -0.2) is 60.8 Å². The molecule has 5 N–H and O–H groups in total. The van der Waals surface area contributed by atoms with E-state index in [0.29, 0.717) is 6.42 Å². The van der Waals surface area contributed by atoms with Crippen LogP contribution in [0.25, 0.3) is 0 Å². The molecule has 114 valence electrons. The van der Waals surface area contributed by atoms with Gasteiger partial charge in [0.2, 0.25) is 0 Å². The SMILES string of the molecule is C[C@@H]1C[C@@H](O)[C@]2(O)[C@@H]3C[C@@]4(O)O[C@H](C[C@@]12[C@H]4O)[C@]3(C)O. The van der Waals surface area contributed by atoms with Gasteiger partial charge < -0.3 is 30.3 Å². The van der Waals surface area contributed by atoms with Crippen molar-refractivity contribution in [3.05, 3.63) is 0 Å². The lowest BCUT2D eigenvalue weighted by molar-refractivity contribution is -0.462. The van der Waals surface area contributed by atoms with Crippen LogP contribution in [0.5, 0.6) is 0 Å². The summed E-state index contributed by atoms with van der Waals surface area (Å²) in [6.45, 7) is 3.45. The van der Waals surface area contributed by atoms with Gasteiger partial charge in [-0.2, -0.15) is 0 Å². The molecule has 0 radical (unpaired) electrons. The van der Waals surface area contributed by atoms with Crippen molar-refractivity contribution in [2.75, 3.05) is 0 Å². The Labute approximate surface area is 117 Å². The monoisotopic (exact) mass is 286 g/mol. The second-order valence-electron chi connectivity index (χ2n) is 7.56. The van der Waals surface area contributed by atoms with Gasteiger partial charge in [-0.3, -0.25) is 0 Å². The first-order chi connectivity index (χ1) is 9.10. The molecule has 0 amide bonds. The van der Waals surface area contributed by atoms with Gasteiger partial charge in [0.25, 0.3) is 0 Å². The van der Waals surface area contributed by atoms with E-state index in [2.05, 4.69) is 0 Å². The Bertz CT molecular complexity index is 480. The second-order valence-corrected chi connectivity index (χ2v) is 7.56. The minimum absolute atomic E-state index is 0.0697. The molecule has 6 heteroatoms. The van der Waals surface area contributed by atoms with Crippen molar-refractivity contribution in [1.82, 2.24) is 0 Å². The average Bonchev–Trinajstić information content (AvgIpc) is 2.52. The molecule has 0 aromatic heterocycles. The number of aliphatic hydroxyl groups excluding tert-OH is 2. The van der Waals surface area contributed by atoms with Gasteiger partial charge in [0, 0.05) is 17.8 Å². The van der Waals surface area contributed by atoms with E-state index in [0.717, 1.165) is 0 Å². The van der Waals surface area contributed by atoms with Crippen LogP contribution < -0.4 is 0 Å². The Morgan fingerprint density at radius 3 is 2.40 bits per heavy atom. The normalized spacial score (nSPS) is 71.2. The molecule has 5 fully saturated rings. The summed E-state index contributed by atoms with van der Waals surface area (Å²) in [6, 6.07) is 0. The molecule has 2 saturated heterocycles. The quantitative estimate of drug-likeness (QED) is 0.380. The Balaban J connectivity index is 1.98. The molecule has 20 heavy (non-hydrogen) atoms. The van der Waals surface area contributed by atoms with Crippen LogP contribution in [0.1, 0.15) is 33.1 Å². The van der Waals surface area contributed by atoms with E-state index in [4.69, 9.17) is 4.74 Å². The predicted molar refractivity (Wildman–Crippen MR) is 66.3 cm³/mol. The molecular formula is C14H22O6. The van der Waals surface area contributed by atoms with E-state index in [1.165, 1.54) is 0 Å². The van der Waals surface area contributed by atoms with Gasteiger partial charge in [-0.25, -0.2) is 0 Å². The third kappa shape index (κ3) is 1.03. The van der Waals surface area contributed by atoms with Crippen LogP contribution in [0.4, 0.5) is 0 Å². The molecule has 0 aromatic rings. The Morgan fingerprint density at radius 1 is 1.10 bits per heavy atom. The zero-order valence-electron chi connectivity index (χ0n) is 11.7. The van der Waals surface area contributed by atoms with E-state index >= 15 is 0 Å². The Hall–Kier alpha value is -0.240. The molecule has 0 aromatic carbocycles. The van der Waals surface area contributed by atoms with Crippen LogP contribution in [0.15, 0.2) is 0 Å². The molecule has 2 heterocycles. The molecule has 0 unspecified atom stereocenters. The van der Waals surface area contributed by atoms with Gasteiger partial charge in [-0.05, 0) is 25.7 Å². The Kier molecular flexibility index (Phi) is 2.17. The number of rotatable bonds is 0. The zero-order valence-corrected chi connectivity index (χ0v) is 11.7. The largest absolute Gasteiger partial charge is 0.390 e. The molecule has 5 aliphatic rings. The molecule has 9 atom stereocenters. The smallest absolute Gasteiger partial charge is 0.193 e. The summed E-state index contributed by atoms with van der Waals surface area (Å²) in [4.78, 5) is 0. The maximum absolute atomic E-state index is 11.2. The number of ether oxygens (including phenoxy) is 1. The maximum Gasteiger partial charge on any atom is 0.193 e. The maximum atomic E-state index is 11.2. The van der Waals surface area contributed by atoms with Crippen LogP contribution in [-0.2, 0) is 4.74 Å². The second kappa shape index (κ2) is 3.24. The van der Waals surface area contributed by atoms with E-state index in [1.54, 1.807) is 6.92 Å². The number of hydrogen-bond donors (Lipinski definition) is 5. The molecule has 5 rings (SSSR count). The van der Waals surface area contributed by atoms with Crippen LogP contribution in [0, 0.1) is 17.3 Å². The van der Waals surface area contributed by atoms with Gasteiger partial charge in [-0.15, -0.1) is 0 Å². The summed E-state index contributed by atoms with van der Waals surface area (Å²) in [5.74, 6) is -2.61. The standard InChI is InChI=1S/C14H22O6/c1-6-3-8(15)14(19)7-4-13(18)10(16)12(6,14)5-9(20-13)11(7,2)17/h6-10,15-19H,3-5H2,1-2H3/t6-,7-,8-,9-,10-,11-,12+,13-,14-/m1/s1. The van der Waals surface area contributed by atoms with Crippen molar-refractivity contribution in [1.29, 1.82) is 0 Å². The number of aliphatic hydroxyl groups is 5. The third-order valence-corrected chi connectivity index (χ3v) is 6.88. The minimum atomic E-state index is -1.74. The van der Waals surface area contributed by atoms with Crippen LogP contribution >= 0.6 is 0 Å². The van der Waals surface area contributed by atoms with Gasteiger partial charge >= 0.3 is 0 Å². The molecule has 3 aliphatic carbocycles. The first-order valence-electron chi connectivity index (χ1n) is 7.32. The molecule has 4 bridgehead atoms. The van der Waals surface area contributed by atoms with Crippen LogP contribution in [0.3, 0.4) is 0 Å². The summed E-state index contributed by atoms with van der Waals surface area (Å²) < 4.78 is 5.53. The fraction of sp³-hybridized carbons (Fsp3) is 1.00. The van der Waals surface area contributed by atoms with Gasteiger partial charge in [0.1, 0.15) is 11.7 Å². The summed E-state index contributed by atoms with van der Waals surface area (Å²) in [7, 11) is 0. The van der Waals surface area contributed by atoms with Crippen molar-refractivity contribution < 1.29 is 30.3 Å². The van der Waals surface area contributed by atoms with Crippen molar-refractivity contribution in [3.63, 3.8) is 0 Å². The molecule has 3 saturated carbocycles. The van der Waals surface area contributed by atoms with E-state index in [1.807, 2.05) is 6.92 Å². The highest BCUT2D eigenvalue weighted by Gasteiger charge is 2.84. The minimum Gasteiger partial charge on any atom is -0.390 e. The van der Waals surface area contributed by atoms with Gasteiger partial charge in [-0.1, -0.05) is 6.92 Å². The molecule has 2 aliphatic heterocycles. The van der Waals surface area contributed by atoms with E-state index < -0.39 is 46.6 Å². The first-order valence-corrected chi connectivity index (χ1v) is 7.32. The highest BCUT2D eigenvalue weighted by atomic mass is 16.7. The molecular weight excluding hydrogens is 264 g/mol. The van der Waals surface area contributed by atoms with Crippen molar-refractivity contribution in [2.45, 2.75) is 68.4 Å². The summed E-state index contributed by atoms with van der Waals surface area (Å²) in [5.41, 5.74) is -3.92. The predicted octanol–water partition coefficient (Wildman–Crippen LogP) is -1.27. The first kappa shape index (κ1) is 13.4. The topological polar surface area (TPSA) is 110 Å². The summed E-state index contributed by atoms with van der Waals surface area (Å²) in [5, 5.41) is 53.6. The highest BCUT2D eigenvalue weighted by molar-refractivity contribution is 5.31. The third-order valence-electron chi connectivity index (χ3n) is 6.88. The lowest BCUT2D eigenvalue weighted by Gasteiger charge is -2.72. The summed E-state index contributed by atoms with van der Waals surface area (Å²) in [6.07, 6.45) is -2.37. The fourth-order valence-corrected chi connectivity index (χ4v) is 5.82.